The van der Waals surface area contributed by atoms with Crippen LogP contribution in [0, 0.1) is 0 Å². The van der Waals surface area contributed by atoms with E-state index in [1.165, 1.54) is 0 Å². The largest absolute Gasteiger partial charge is 0.422 e. The summed E-state index contributed by atoms with van der Waals surface area (Å²) in [7, 11) is 0. The Morgan fingerprint density at radius 3 is 2.34 bits per heavy atom. The van der Waals surface area contributed by atoms with E-state index in [0.717, 1.165) is 11.3 Å². The van der Waals surface area contributed by atoms with Crippen LogP contribution in [0.1, 0.15) is 42.1 Å². The van der Waals surface area contributed by atoms with Crippen LogP contribution in [0.4, 0.5) is 17.1 Å². The number of nitrogens with one attached hydrogen (secondary N) is 1. The summed E-state index contributed by atoms with van der Waals surface area (Å²) in [5.41, 5.74) is 2.32. The second kappa shape index (κ2) is 9.02. The first-order valence-electron chi connectivity index (χ1n) is 11.3. The highest BCUT2D eigenvalue weighted by Gasteiger charge is 2.60. The molecule has 2 aliphatic rings. The molecule has 1 aliphatic heterocycles. The van der Waals surface area contributed by atoms with Gasteiger partial charge in [0.05, 0.1) is 32.4 Å². The molecule has 1 heterocycles. The van der Waals surface area contributed by atoms with Gasteiger partial charge in [-0.2, -0.15) is 0 Å². The Balaban J connectivity index is 1.58. The topological polar surface area (TPSA) is 75.7 Å². The zero-order valence-corrected chi connectivity index (χ0v) is 20.4. The second-order valence-electron chi connectivity index (χ2n) is 8.71. The van der Waals surface area contributed by atoms with Gasteiger partial charge >= 0.3 is 5.97 Å². The van der Waals surface area contributed by atoms with Gasteiger partial charge in [0, 0.05) is 25.1 Å². The molecule has 0 radical (unpaired) electrons. The van der Waals surface area contributed by atoms with Crippen LogP contribution in [-0.2, 0) is 15.0 Å². The molecule has 35 heavy (non-hydrogen) atoms. The van der Waals surface area contributed by atoms with Crippen molar-refractivity contribution < 1.29 is 19.1 Å². The fourth-order valence-corrected chi connectivity index (χ4v) is 5.17. The number of fused-ring (bicyclic) bond motifs is 2. The van der Waals surface area contributed by atoms with E-state index in [-0.39, 0.29) is 33.6 Å². The number of para-hydroxylation sites is 2. The molecule has 0 unspecified atom stereocenters. The number of carbonyl (C=O) groups is 3. The number of halogens is 2. The molecular formula is C27H22Cl2N2O4. The summed E-state index contributed by atoms with van der Waals surface area (Å²) in [5, 5.41) is 3.22. The summed E-state index contributed by atoms with van der Waals surface area (Å²) in [6, 6.07) is 17.8. The maximum Gasteiger partial charge on any atom is 0.311 e. The van der Waals surface area contributed by atoms with Crippen LogP contribution in [0.5, 0.6) is 5.75 Å². The Kier molecular flexibility index (Phi) is 6.03. The number of anilines is 3. The van der Waals surface area contributed by atoms with Crippen LogP contribution in [0.3, 0.4) is 0 Å². The number of ketones is 1. The first-order valence-corrected chi connectivity index (χ1v) is 12.1. The van der Waals surface area contributed by atoms with Gasteiger partial charge < -0.3 is 15.0 Å². The maximum absolute atomic E-state index is 13.1. The number of esters is 1. The van der Waals surface area contributed by atoms with Crippen molar-refractivity contribution in [2.45, 2.75) is 31.6 Å². The Bertz CT molecular complexity index is 1350. The van der Waals surface area contributed by atoms with E-state index >= 15 is 0 Å². The number of Topliss-reactive ketones (excluding diaryl/α,β-unsaturated/α-hetero) is 1. The minimum absolute atomic E-state index is 0.126. The van der Waals surface area contributed by atoms with Gasteiger partial charge in [0.1, 0.15) is 5.78 Å². The summed E-state index contributed by atoms with van der Waals surface area (Å²) in [4.78, 5) is 40.1. The molecule has 0 aromatic heterocycles. The average Bonchev–Trinajstić information content (AvgIpc) is 3.36. The summed E-state index contributed by atoms with van der Waals surface area (Å²) in [6.45, 7) is 2.33. The van der Waals surface area contributed by atoms with Crippen molar-refractivity contribution in [2.24, 2.45) is 0 Å². The number of hydrogen-bond donors (Lipinski definition) is 1. The van der Waals surface area contributed by atoms with E-state index in [4.69, 9.17) is 27.9 Å². The lowest BCUT2D eigenvalue weighted by atomic mass is 9.99. The van der Waals surface area contributed by atoms with Crippen LogP contribution < -0.4 is 15.0 Å². The highest BCUT2D eigenvalue weighted by atomic mass is 35.5. The first kappa shape index (κ1) is 23.4. The van der Waals surface area contributed by atoms with E-state index in [0.29, 0.717) is 30.8 Å². The number of carbonyl (C=O) groups excluding carboxylic acids is 3. The van der Waals surface area contributed by atoms with Gasteiger partial charge in [0.25, 0.3) is 5.91 Å². The van der Waals surface area contributed by atoms with Crippen LogP contribution in [0.2, 0.25) is 10.0 Å². The number of benzene rings is 3. The van der Waals surface area contributed by atoms with Gasteiger partial charge in [-0.25, -0.2) is 0 Å². The van der Waals surface area contributed by atoms with Crippen molar-refractivity contribution >= 4 is 57.9 Å². The maximum atomic E-state index is 13.1. The Morgan fingerprint density at radius 1 is 1.00 bits per heavy atom. The number of ether oxygens (including phenoxy) is 1. The van der Waals surface area contributed by atoms with Crippen molar-refractivity contribution in [1.82, 2.24) is 0 Å². The van der Waals surface area contributed by atoms with E-state index < -0.39 is 17.3 Å². The molecule has 1 amide bonds. The highest BCUT2D eigenvalue weighted by molar-refractivity contribution is 6.40. The van der Waals surface area contributed by atoms with Crippen molar-refractivity contribution in [3.8, 4) is 5.75 Å². The van der Waals surface area contributed by atoms with Crippen LogP contribution in [0.25, 0.3) is 0 Å². The third kappa shape index (κ3) is 4.07. The molecule has 0 saturated heterocycles. The lowest BCUT2D eigenvalue weighted by molar-refractivity contribution is -0.134. The molecule has 0 bridgehead atoms. The molecule has 1 spiro atoms. The third-order valence-electron chi connectivity index (χ3n) is 6.40. The molecule has 1 fully saturated rings. The number of amides is 1. The molecule has 3 aromatic carbocycles. The zero-order valence-electron chi connectivity index (χ0n) is 18.9. The lowest BCUT2D eigenvalue weighted by Gasteiger charge is -2.24. The standard InChI is InChI=1S/C27H22Cl2N2O4/c1-2-7-23(33)35-25-19(30-26(34)24-17(28)9-5-10-18(24)29)11-6-13-21(25)31-15-27(14-22(27)32)16-8-3-4-12-20(16)31/h3-6,8-13H,2,7,14-15H2,1H3,(H,30,34)/t27-/m1/s1. The quantitative estimate of drug-likeness (QED) is 0.311. The Hall–Kier alpha value is -3.35. The van der Waals surface area contributed by atoms with Gasteiger partial charge in [-0.3, -0.25) is 14.4 Å². The molecular weight excluding hydrogens is 487 g/mol. The summed E-state index contributed by atoms with van der Waals surface area (Å²) in [6.07, 6.45) is 1.31. The van der Waals surface area contributed by atoms with Gasteiger partial charge in [-0.1, -0.05) is 60.5 Å². The highest BCUT2D eigenvalue weighted by Crippen LogP contribution is 2.56. The molecule has 1 N–H and O–H groups in total. The van der Waals surface area contributed by atoms with Crippen molar-refractivity contribution in [1.29, 1.82) is 0 Å². The predicted molar refractivity (Wildman–Crippen MR) is 136 cm³/mol. The summed E-state index contributed by atoms with van der Waals surface area (Å²) in [5.74, 6) is -0.547. The van der Waals surface area contributed by atoms with E-state index in [1.54, 1.807) is 30.3 Å². The third-order valence-corrected chi connectivity index (χ3v) is 7.03. The van der Waals surface area contributed by atoms with Gasteiger partial charge in [-0.15, -0.1) is 0 Å². The molecule has 1 saturated carbocycles. The van der Waals surface area contributed by atoms with Gasteiger partial charge in [-0.05, 0) is 42.3 Å². The molecule has 3 aromatic rings. The Labute approximate surface area is 212 Å². The molecule has 178 valence electrons. The number of nitrogens with zero attached hydrogens (tertiary/aromatic N) is 1. The smallest absolute Gasteiger partial charge is 0.311 e. The fraction of sp³-hybridized carbons (Fsp3) is 0.222. The summed E-state index contributed by atoms with van der Waals surface area (Å²) < 4.78 is 5.81. The van der Waals surface area contributed by atoms with Crippen molar-refractivity contribution in [2.75, 3.05) is 16.8 Å². The van der Waals surface area contributed by atoms with Crippen LogP contribution in [0.15, 0.2) is 60.7 Å². The predicted octanol–water partition coefficient (Wildman–Crippen LogP) is 6.31. The summed E-state index contributed by atoms with van der Waals surface area (Å²) >= 11 is 12.5. The van der Waals surface area contributed by atoms with Crippen LogP contribution >= 0.6 is 23.2 Å². The van der Waals surface area contributed by atoms with E-state index in [9.17, 15) is 14.4 Å². The molecule has 1 aliphatic carbocycles. The van der Waals surface area contributed by atoms with E-state index in [1.807, 2.05) is 42.2 Å². The normalized spacial score (nSPS) is 17.9. The molecule has 6 nitrogen and oxygen atoms in total. The molecule has 8 heteroatoms. The van der Waals surface area contributed by atoms with Crippen LogP contribution in [-0.4, -0.2) is 24.2 Å². The minimum Gasteiger partial charge on any atom is -0.422 e. The minimum atomic E-state index is -0.536. The number of rotatable bonds is 6. The number of hydrogen-bond acceptors (Lipinski definition) is 5. The zero-order chi connectivity index (χ0) is 24.7. The van der Waals surface area contributed by atoms with E-state index in [2.05, 4.69) is 5.32 Å². The monoisotopic (exact) mass is 508 g/mol. The lowest BCUT2D eigenvalue weighted by Crippen LogP contribution is -2.23. The fourth-order valence-electron chi connectivity index (χ4n) is 4.60. The average molecular weight is 509 g/mol. The second-order valence-corrected chi connectivity index (χ2v) is 9.53. The Morgan fingerprint density at radius 2 is 1.66 bits per heavy atom. The SMILES string of the molecule is CCCC(=O)Oc1c(NC(=O)c2c(Cl)cccc2Cl)cccc1N1C[C@]2(CC2=O)c2ccccc21. The van der Waals surface area contributed by atoms with Crippen molar-refractivity contribution in [3.63, 3.8) is 0 Å². The van der Waals surface area contributed by atoms with Gasteiger partial charge in [0.2, 0.25) is 0 Å². The van der Waals surface area contributed by atoms with Crippen molar-refractivity contribution in [3.05, 3.63) is 81.8 Å². The van der Waals surface area contributed by atoms with Gasteiger partial charge in [0.15, 0.2) is 5.75 Å². The molecule has 5 rings (SSSR count). The first-order chi connectivity index (χ1) is 16.9. The molecule has 1 atom stereocenters.